The van der Waals surface area contributed by atoms with Gasteiger partial charge in [-0.05, 0) is 69.9 Å². The summed E-state index contributed by atoms with van der Waals surface area (Å²) in [4.78, 5) is 2.06. The van der Waals surface area contributed by atoms with Gasteiger partial charge in [0.15, 0.2) is 0 Å². The fourth-order valence-electron chi connectivity index (χ4n) is 5.02. The molecule has 0 aromatic carbocycles. The van der Waals surface area contributed by atoms with Crippen molar-refractivity contribution in [2.24, 2.45) is 23.7 Å². The lowest BCUT2D eigenvalue weighted by molar-refractivity contribution is -0.0179. The van der Waals surface area contributed by atoms with Crippen molar-refractivity contribution in [1.82, 2.24) is 10.2 Å². The van der Waals surface area contributed by atoms with Crippen LogP contribution in [0, 0.1) is 23.7 Å². The molecule has 0 spiro atoms. The van der Waals surface area contributed by atoms with Gasteiger partial charge in [-0.1, -0.05) is 0 Å². The van der Waals surface area contributed by atoms with E-state index in [1.807, 2.05) is 14.1 Å². The fourth-order valence-corrected chi connectivity index (χ4v) is 5.02. The van der Waals surface area contributed by atoms with Crippen LogP contribution in [0.2, 0.25) is 0 Å². The number of hydrogen-bond donors (Lipinski definition) is 2. The number of nitrogens with one attached hydrogen (secondary N) is 1. The van der Waals surface area contributed by atoms with E-state index in [0.29, 0.717) is 6.04 Å². The van der Waals surface area contributed by atoms with Gasteiger partial charge in [-0.3, -0.25) is 0 Å². The highest BCUT2D eigenvalue weighted by molar-refractivity contribution is 5.01. The molecular weight excluding hydrogens is 224 g/mol. The van der Waals surface area contributed by atoms with Gasteiger partial charge in [0.25, 0.3) is 0 Å². The quantitative estimate of drug-likeness (QED) is 0.775. The van der Waals surface area contributed by atoms with E-state index in [-0.39, 0.29) is 6.10 Å². The zero-order valence-corrected chi connectivity index (χ0v) is 11.8. The minimum Gasteiger partial charge on any atom is -0.390 e. The molecule has 4 aliphatic carbocycles. The van der Waals surface area contributed by atoms with E-state index in [9.17, 15) is 5.11 Å². The lowest BCUT2D eigenvalue weighted by Crippen LogP contribution is -2.56. The number of rotatable bonds is 5. The molecule has 0 saturated heterocycles. The number of likely N-dealkylation sites (N-methyl/N-ethyl adjacent to an activating group) is 1. The Bertz CT molecular complexity index is 264. The third-order valence-corrected chi connectivity index (χ3v) is 5.39. The number of hydrogen-bond acceptors (Lipinski definition) is 3. The van der Waals surface area contributed by atoms with Crippen LogP contribution in [0.15, 0.2) is 0 Å². The monoisotopic (exact) mass is 252 g/mol. The zero-order valence-electron chi connectivity index (χ0n) is 11.8. The molecule has 0 radical (unpaired) electrons. The van der Waals surface area contributed by atoms with Gasteiger partial charge in [-0.15, -0.1) is 0 Å². The molecule has 0 heterocycles. The van der Waals surface area contributed by atoms with Crippen LogP contribution in [0.4, 0.5) is 0 Å². The van der Waals surface area contributed by atoms with Crippen molar-refractivity contribution in [3.05, 3.63) is 0 Å². The van der Waals surface area contributed by atoms with E-state index in [1.54, 1.807) is 0 Å². The van der Waals surface area contributed by atoms with Crippen molar-refractivity contribution >= 4 is 0 Å². The second-order valence-corrected chi connectivity index (χ2v) is 7.28. The van der Waals surface area contributed by atoms with Crippen molar-refractivity contribution in [1.29, 1.82) is 0 Å². The summed E-state index contributed by atoms with van der Waals surface area (Å²) in [6.45, 7) is 1.53. The molecule has 4 fully saturated rings. The van der Waals surface area contributed by atoms with Crippen LogP contribution in [0.5, 0.6) is 0 Å². The first kappa shape index (κ1) is 12.9. The summed E-state index contributed by atoms with van der Waals surface area (Å²) in [5.74, 6) is 3.90. The van der Waals surface area contributed by atoms with Gasteiger partial charge >= 0.3 is 0 Å². The standard InChI is InChI=1S/C15H28N2O/c1-17(2)9-14(18)8-16-15-12-4-10-3-11(6-12)7-13(15)5-10/h10-16,18H,3-9H2,1-2H3. The Kier molecular flexibility index (Phi) is 3.65. The van der Waals surface area contributed by atoms with E-state index in [4.69, 9.17) is 0 Å². The minimum absolute atomic E-state index is 0.225. The van der Waals surface area contributed by atoms with Crippen LogP contribution < -0.4 is 5.32 Å². The average Bonchev–Trinajstić information content (AvgIpc) is 2.25. The lowest BCUT2D eigenvalue weighted by atomic mass is 9.54. The highest BCUT2D eigenvalue weighted by Crippen LogP contribution is 2.53. The molecule has 4 saturated carbocycles. The second-order valence-electron chi connectivity index (χ2n) is 7.28. The Hall–Kier alpha value is -0.120. The van der Waals surface area contributed by atoms with E-state index in [1.165, 1.54) is 32.1 Å². The molecule has 1 unspecified atom stereocenters. The van der Waals surface area contributed by atoms with Crippen LogP contribution in [0.25, 0.3) is 0 Å². The van der Waals surface area contributed by atoms with Crippen LogP contribution in [-0.4, -0.2) is 49.3 Å². The number of aliphatic hydroxyl groups is 1. The third-order valence-electron chi connectivity index (χ3n) is 5.39. The molecule has 4 aliphatic rings. The molecule has 104 valence electrons. The van der Waals surface area contributed by atoms with E-state index < -0.39 is 0 Å². The predicted octanol–water partition coefficient (Wildman–Crippen LogP) is 1.32. The predicted molar refractivity (Wildman–Crippen MR) is 73.4 cm³/mol. The lowest BCUT2D eigenvalue weighted by Gasteiger charge is -2.54. The van der Waals surface area contributed by atoms with Gasteiger partial charge in [0.1, 0.15) is 0 Å². The first-order valence-electron chi connectivity index (χ1n) is 7.68. The van der Waals surface area contributed by atoms with Crippen LogP contribution in [-0.2, 0) is 0 Å². The Morgan fingerprint density at radius 3 is 2.11 bits per heavy atom. The first-order chi connectivity index (χ1) is 8.61. The smallest absolute Gasteiger partial charge is 0.0791 e. The van der Waals surface area contributed by atoms with Gasteiger partial charge < -0.3 is 15.3 Å². The van der Waals surface area contributed by atoms with Crippen molar-refractivity contribution in [2.45, 2.75) is 44.2 Å². The number of aliphatic hydroxyl groups excluding tert-OH is 1. The maximum absolute atomic E-state index is 9.97. The van der Waals surface area contributed by atoms with Gasteiger partial charge in [-0.25, -0.2) is 0 Å². The van der Waals surface area contributed by atoms with Crippen LogP contribution in [0.3, 0.4) is 0 Å². The topological polar surface area (TPSA) is 35.5 Å². The molecular formula is C15H28N2O. The molecule has 2 N–H and O–H groups in total. The van der Waals surface area contributed by atoms with Crippen LogP contribution in [0.1, 0.15) is 32.1 Å². The normalized spacial score (nSPS) is 43.7. The fraction of sp³-hybridized carbons (Fsp3) is 1.00. The summed E-state index contributed by atoms with van der Waals surface area (Å²) in [7, 11) is 4.04. The zero-order chi connectivity index (χ0) is 12.7. The molecule has 0 aromatic heterocycles. The first-order valence-corrected chi connectivity index (χ1v) is 7.68. The molecule has 3 nitrogen and oxygen atoms in total. The van der Waals surface area contributed by atoms with Gasteiger partial charge in [0, 0.05) is 19.1 Å². The van der Waals surface area contributed by atoms with Crippen LogP contribution >= 0.6 is 0 Å². The Morgan fingerprint density at radius 2 is 1.61 bits per heavy atom. The SMILES string of the molecule is CN(C)CC(O)CNC1C2CC3CC(C2)CC1C3. The molecule has 1 atom stereocenters. The van der Waals surface area contributed by atoms with Crippen molar-refractivity contribution in [2.75, 3.05) is 27.2 Å². The van der Waals surface area contributed by atoms with E-state index in [0.717, 1.165) is 36.8 Å². The molecule has 0 amide bonds. The Balaban J connectivity index is 1.51. The summed E-state index contributed by atoms with van der Waals surface area (Å²) >= 11 is 0. The summed E-state index contributed by atoms with van der Waals surface area (Å²) in [5.41, 5.74) is 0. The van der Waals surface area contributed by atoms with E-state index in [2.05, 4.69) is 10.2 Å². The highest BCUT2D eigenvalue weighted by Gasteiger charge is 2.47. The van der Waals surface area contributed by atoms with Gasteiger partial charge in [0.2, 0.25) is 0 Å². The molecule has 0 aromatic rings. The van der Waals surface area contributed by atoms with Crippen molar-refractivity contribution in [3.8, 4) is 0 Å². The molecule has 3 heteroatoms. The Labute approximate surface area is 111 Å². The molecule has 4 rings (SSSR count). The third kappa shape index (κ3) is 2.59. The van der Waals surface area contributed by atoms with Gasteiger partial charge in [0.05, 0.1) is 6.10 Å². The second kappa shape index (κ2) is 5.10. The summed E-state index contributed by atoms with van der Waals surface area (Å²) in [5, 5.41) is 13.7. The van der Waals surface area contributed by atoms with Crippen molar-refractivity contribution in [3.63, 3.8) is 0 Å². The maximum Gasteiger partial charge on any atom is 0.0791 e. The number of nitrogens with zero attached hydrogens (tertiary/aromatic N) is 1. The average molecular weight is 252 g/mol. The largest absolute Gasteiger partial charge is 0.390 e. The highest BCUT2D eigenvalue weighted by atomic mass is 16.3. The summed E-state index contributed by atoms with van der Waals surface area (Å²) in [6, 6.07) is 0.703. The molecule has 4 bridgehead atoms. The van der Waals surface area contributed by atoms with Gasteiger partial charge in [-0.2, -0.15) is 0 Å². The molecule has 0 aliphatic heterocycles. The summed E-state index contributed by atoms with van der Waals surface area (Å²) < 4.78 is 0. The maximum atomic E-state index is 9.97. The van der Waals surface area contributed by atoms with E-state index >= 15 is 0 Å². The van der Waals surface area contributed by atoms with Crippen molar-refractivity contribution < 1.29 is 5.11 Å². The minimum atomic E-state index is -0.225. The molecule has 18 heavy (non-hydrogen) atoms. The Morgan fingerprint density at radius 1 is 1.06 bits per heavy atom. The summed E-state index contributed by atoms with van der Waals surface area (Å²) in [6.07, 6.45) is 7.10.